The lowest BCUT2D eigenvalue weighted by molar-refractivity contribution is 0.673. The SMILES string of the molecule is c1ccc(-n2c3ccccc3c3sc4c(-c5ccc(-c6cccc7oc8c9ccccc9ccc8c67)cc5)cccc4c32)cc1. The molecule has 7 aromatic carbocycles. The van der Waals surface area contributed by atoms with Crippen LogP contribution in [0.2, 0.25) is 0 Å². The van der Waals surface area contributed by atoms with Crippen LogP contribution in [0.15, 0.2) is 156 Å². The first-order chi connectivity index (χ1) is 22.3. The van der Waals surface area contributed by atoms with Crippen molar-refractivity contribution in [3.8, 4) is 27.9 Å². The van der Waals surface area contributed by atoms with Crippen molar-refractivity contribution in [2.24, 2.45) is 0 Å². The smallest absolute Gasteiger partial charge is 0.143 e. The van der Waals surface area contributed by atoms with Crippen LogP contribution in [-0.4, -0.2) is 4.57 Å². The van der Waals surface area contributed by atoms with Gasteiger partial charge in [0.15, 0.2) is 0 Å². The van der Waals surface area contributed by atoms with Crippen LogP contribution in [0.25, 0.3) is 91.9 Å². The Morgan fingerprint density at radius 1 is 0.467 bits per heavy atom. The summed E-state index contributed by atoms with van der Waals surface area (Å²) in [6, 6.07) is 54.5. The molecule has 45 heavy (non-hydrogen) atoms. The summed E-state index contributed by atoms with van der Waals surface area (Å²) in [6.07, 6.45) is 0. The number of hydrogen-bond acceptors (Lipinski definition) is 2. The van der Waals surface area contributed by atoms with Gasteiger partial charge in [0.2, 0.25) is 0 Å². The number of para-hydroxylation sites is 2. The summed E-state index contributed by atoms with van der Waals surface area (Å²) < 4.78 is 11.5. The highest BCUT2D eigenvalue weighted by Crippen LogP contribution is 2.46. The fraction of sp³-hybridized carbons (Fsp3) is 0. The van der Waals surface area contributed by atoms with E-state index in [4.69, 9.17) is 4.42 Å². The van der Waals surface area contributed by atoms with Crippen LogP contribution in [0.4, 0.5) is 0 Å². The Morgan fingerprint density at radius 2 is 1.16 bits per heavy atom. The Labute approximate surface area is 263 Å². The first kappa shape index (κ1) is 24.8. The second-order valence-electron chi connectivity index (χ2n) is 11.7. The van der Waals surface area contributed by atoms with Crippen LogP contribution >= 0.6 is 11.3 Å². The molecule has 0 fully saturated rings. The highest BCUT2D eigenvalue weighted by atomic mass is 32.1. The van der Waals surface area contributed by atoms with Gasteiger partial charge in [-0.2, -0.15) is 0 Å². The molecule has 0 spiro atoms. The lowest BCUT2D eigenvalue weighted by atomic mass is 9.96. The molecule has 0 aliphatic carbocycles. The zero-order valence-corrected chi connectivity index (χ0v) is 25.0. The van der Waals surface area contributed by atoms with Crippen LogP contribution in [-0.2, 0) is 0 Å². The number of nitrogens with zero attached hydrogens (tertiary/aromatic N) is 1. The van der Waals surface area contributed by atoms with Crippen LogP contribution in [0, 0.1) is 0 Å². The van der Waals surface area contributed by atoms with Crippen molar-refractivity contribution in [1.29, 1.82) is 0 Å². The highest BCUT2D eigenvalue weighted by Gasteiger charge is 2.20. The quantitative estimate of drug-likeness (QED) is 0.200. The summed E-state index contributed by atoms with van der Waals surface area (Å²) in [5, 5.41) is 7.26. The van der Waals surface area contributed by atoms with Crippen LogP contribution in [0.3, 0.4) is 0 Å². The van der Waals surface area contributed by atoms with Gasteiger partial charge in [-0.25, -0.2) is 0 Å². The normalized spacial score (nSPS) is 12.0. The summed E-state index contributed by atoms with van der Waals surface area (Å²) in [5.41, 5.74) is 10.5. The summed E-state index contributed by atoms with van der Waals surface area (Å²) >= 11 is 1.90. The molecule has 3 aromatic heterocycles. The number of aromatic nitrogens is 1. The third kappa shape index (κ3) is 3.56. The zero-order valence-electron chi connectivity index (χ0n) is 24.2. The Morgan fingerprint density at radius 3 is 2.02 bits per heavy atom. The molecule has 3 heterocycles. The van der Waals surface area contributed by atoms with Gasteiger partial charge in [0.1, 0.15) is 11.2 Å². The van der Waals surface area contributed by atoms with Gasteiger partial charge in [-0.1, -0.05) is 121 Å². The van der Waals surface area contributed by atoms with Crippen molar-refractivity contribution >= 4 is 75.3 Å². The molecular formula is C42H25NOS. The molecule has 0 N–H and O–H groups in total. The van der Waals surface area contributed by atoms with Gasteiger partial charge in [-0.05, 0) is 58.0 Å². The molecule has 0 aliphatic heterocycles. The van der Waals surface area contributed by atoms with Gasteiger partial charge in [-0.15, -0.1) is 11.3 Å². The molecule has 0 amide bonds. The molecule has 0 atom stereocenters. The van der Waals surface area contributed by atoms with E-state index in [0.29, 0.717) is 0 Å². The third-order valence-corrected chi connectivity index (χ3v) is 10.5. The van der Waals surface area contributed by atoms with Gasteiger partial charge in [-0.3, -0.25) is 0 Å². The fourth-order valence-corrected chi connectivity index (χ4v) is 8.54. The Balaban J connectivity index is 1.14. The molecule has 0 unspecified atom stereocenters. The van der Waals surface area contributed by atoms with Gasteiger partial charge in [0.25, 0.3) is 0 Å². The third-order valence-electron chi connectivity index (χ3n) is 9.21. The molecule has 10 aromatic rings. The topological polar surface area (TPSA) is 18.1 Å². The molecule has 3 heteroatoms. The van der Waals surface area contributed by atoms with Crippen molar-refractivity contribution in [2.75, 3.05) is 0 Å². The van der Waals surface area contributed by atoms with Crippen molar-refractivity contribution in [3.05, 3.63) is 152 Å². The molecule has 10 rings (SSSR count). The second-order valence-corrected chi connectivity index (χ2v) is 12.7. The lowest BCUT2D eigenvalue weighted by Crippen LogP contribution is -1.92. The van der Waals surface area contributed by atoms with Crippen molar-refractivity contribution in [1.82, 2.24) is 4.57 Å². The monoisotopic (exact) mass is 591 g/mol. The number of rotatable bonds is 3. The minimum atomic E-state index is 0.920. The van der Waals surface area contributed by atoms with Crippen LogP contribution in [0.1, 0.15) is 0 Å². The van der Waals surface area contributed by atoms with E-state index in [1.165, 1.54) is 69.9 Å². The van der Waals surface area contributed by atoms with Gasteiger partial charge in [0.05, 0.1) is 15.7 Å². The number of fused-ring (bicyclic) bond motifs is 10. The van der Waals surface area contributed by atoms with Crippen molar-refractivity contribution in [3.63, 3.8) is 0 Å². The molecule has 0 aliphatic rings. The minimum Gasteiger partial charge on any atom is -0.455 e. The zero-order chi connectivity index (χ0) is 29.5. The summed E-state index contributed by atoms with van der Waals surface area (Å²) in [7, 11) is 0. The van der Waals surface area contributed by atoms with Crippen LogP contribution in [0.5, 0.6) is 0 Å². The van der Waals surface area contributed by atoms with Crippen molar-refractivity contribution in [2.45, 2.75) is 0 Å². The highest BCUT2D eigenvalue weighted by molar-refractivity contribution is 7.27. The predicted molar refractivity (Wildman–Crippen MR) is 192 cm³/mol. The largest absolute Gasteiger partial charge is 0.455 e. The van der Waals surface area contributed by atoms with E-state index < -0.39 is 0 Å². The second kappa shape index (κ2) is 9.43. The molecule has 0 saturated heterocycles. The summed E-state index contributed by atoms with van der Waals surface area (Å²) in [4.78, 5) is 0. The predicted octanol–water partition coefficient (Wildman–Crippen LogP) is 12.4. The number of furan rings is 1. The maximum Gasteiger partial charge on any atom is 0.143 e. The molecular weight excluding hydrogens is 567 g/mol. The lowest BCUT2D eigenvalue weighted by Gasteiger charge is -2.09. The van der Waals surface area contributed by atoms with E-state index in [-0.39, 0.29) is 0 Å². The Kier molecular flexibility index (Phi) is 5.19. The molecule has 0 saturated carbocycles. The minimum absolute atomic E-state index is 0.920. The van der Waals surface area contributed by atoms with Crippen LogP contribution < -0.4 is 0 Å². The number of benzene rings is 7. The van der Waals surface area contributed by atoms with Gasteiger partial charge < -0.3 is 8.98 Å². The first-order valence-corrected chi connectivity index (χ1v) is 16.1. The van der Waals surface area contributed by atoms with Gasteiger partial charge >= 0.3 is 0 Å². The summed E-state index contributed by atoms with van der Waals surface area (Å²) in [5.74, 6) is 0. The van der Waals surface area contributed by atoms with E-state index in [0.717, 1.165) is 21.9 Å². The van der Waals surface area contributed by atoms with Crippen molar-refractivity contribution < 1.29 is 4.42 Å². The Bertz CT molecular complexity index is 2740. The molecule has 0 bridgehead atoms. The van der Waals surface area contributed by atoms with E-state index >= 15 is 0 Å². The maximum atomic E-state index is 6.46. The van der Waals surface area contributed by atoms with Gasteiger partial charge in [0, 0.05) is 37.3 Å². The number of thiophene rings is 1. The number of hydrogen-bond donors (Lipinski definition) is 0. The summed E-state index contributed by atoms with van der Waals surface area (Å²) in [6.45, 7) is 0. The molecule has 210 valence electrons. The van der Waals surface area contributed by atoms with E-state index in [9.17, 15) is 0 Å². The van der Waals surface area contributed by atoms with E-state index in [1.807, 2.05) is 11.3 Å². The average Bonchev–Trinajstić information content (AvgIpc) is 3.78. The average molecular weight is 592 g/mol. The van der Waals surface area contributed by atoms with E-state index in [2.05, 4.69) is 156 Å². The maximum absolute atomic E-state index is 6.46. The molecule has 0 radical (unpaired) electrons. The fourth-order valence-electron chi connectivity index (χ4n) is 7.19. The standard InChI is InChI=1S/C42H25NOS/c1-2-11-29(12-3-1)43-36-18-7-6-14-33(36)42-39(43)35-17-8-16-32(41(35)45-42)28-22-20-27(21-23-28)30-15-9-19-37-38(30)34-25-24-26-10-4-5-13-31(26)40(34)44-37/h1-25H. The van der Waals surface area contributed by atoms with E-state index in [1.54, 1.807) is 0 Å². The Hall–Kier alpha value is -5.64. The first-order valence-electron chi connectivity index (χ1n) is 15.3. The molecule has 2 nitrogen and oxygen atoms in total.